The lowest BCUT2D eigenvalue weighted by Gasteiger charge is -2.22. The lowest BCUT2D eigenvalue weighted by Crippen LogP contribution is -2.27. The van der Waals surface area contributed by atoms with E-state index in [2.05, 4.69) is 36.1 Å². The van der Waals surface area contributed by atoms with Gasteiger partial charge in [0.1, 0.15) is 22.9 Å². The third kappa shape index (κ3) is 2.84. The first-order chi connectivity index (χ1) is 11.3. The first-order valence-electron chi connectivity index (χ1n) is 7.69. The van der Waals surface area contributed by atoms with E-state index in [1.54, 1.807) is 24.7 Å². The molecule has 0 aliphatic heterocycles. The van der Waals surface area contributed by atoms with E-state index in [-0.39, 0.29) is 11.5 Å². The molecule has 0 fully saturated rings. The number of fused-ring (bicyclic) bond motifs is 1. The van der Waals surface area contributed by atoms with Crippen LogP contribution in [-0.4, -0.2) is 38.0 Å². The smallest absolute Gasteiger partial charge is 0.339 e. The van der Waals surface area contributed by atoms with E-state index in [0.29, 0.717) is 5.56 Å². The first-order valence-corrected chi connectivity index (χ1v) is 7.69. The SMILES string of the molecule is COC(=O)c1ccc2nc(-c3nc[nH]c3C)c(NC(C)(C)C)n2c1. The molecule has 7 nitrogen and oxygen atoms in total. The normalized spacial score (nSPS) is 11.7. The molecule has 0 radical (unpaired) electrons. The number of aromatic amines is 1. The molecule has 0 saturated carbocycles. The fourth-order valence-electron chi connectivity index (χ4n) is 2.52. The Bertz CT molecular complexity index is 901. The Balaban J connectivity index is 2.25. The van der Waals surface area contributed by atoms with Gasteiger partial charge in [-0.05, 0) is 39.8 Å². The topological polar surface area (TPSA) is 84.3 Å². The number of nitrogens with zero attached hydrogens (tertiary/aromatic N) is 3. The zero-order valence-electron chi connectivity index (χ0n) is 14.5. The number of ether oxygens (including phenoxy) is 1. The summed E-state index contributed by atoms with van der Waals surface area (Å²) in [5.41, 5.74) is 3.46. The molecule has 0 aromatic carbocycles. The van der Waals surface area contributed by atoms with Crippen molar-refractivity contribution < 1.29 is 9.53 Å². The van der Waals surface area contributed by atoms with Gasteiger partial charge in [-0.25, -0.2) is 14.8 Å². The zero-order chi connectivity index (χ0) is 17.5. The van der Waals surface area contributed by atoms with Crippen LogP contribution in [0.1, 0.15) is 36.8 Å². The predicted octanol–water partition coefficient (Wildman–Crippen LogP) is 3.03. The average Bonchev–Trinajstić information content (AvgIpc) is 3.08. The minimum atomic E-state index is -0.384. The van der Waals surface area contributed by atoms with Crippen molar-refractivity contribution in [2.45, 2.75) is 33.2 Å². The van der Waals surface area contributed by atoms with Crippen LogP contribution in [0.3, 0.4) is 0 Å². The van der Waals surface area contributed by atoms with Crippen LogP contribution in [0.15, 0.2) is 24.7 Å². The number of carbonyl (C=O) groups is 1. The summed E-state index contributed by atoms with van der Waals surface area (Å²) in [6.45, 7) is 8.15. The Kier molecular flexibility index (Phi) is 3.79. The highest BCUT2D eigenvalue weighted by Crippen LogP contribution is 2.31. The highest BCUT2D eigenvalue weighted by atomic mass is 16.5. The van der Waals surface area contributed by atoms with Crippen LogP contribution in [0.25, 0.3) is 17.0 Å². The molecule has 0 saturated heterocycles. The van der Waals surface area contributed by atoms with Crippen LogP contribution in [0.5, 0.6) is 0 Å². The van der Waals surface area contributed by atoms with Crippen molar-refractivity contribution in [2.24, 2.45) is 0 Å². The molecule has 0 unspecified atom stereocenters. The number of carbonyl (C=O) groups excluding carboxylic acids is 1. The molecule has 3 aromatic rings. The molecule has 0 aliphatic rings. The lowest BCUT2D eigenvalue weighted by atomic mass is 10.1. The largest absolute Gasteiger partial charge is 0.465 e. The maximum atomic E-state index is 11.8. The summed E-state index contributed by atoms with van der Waals surface area (Å²) in [5.74, 6) is 0.406. The Labute approximate surface area is 140 Å². The third-order valence-corrected chi connectivity index (χ3v) is 3.59. The second-order valence-electron chi connectivity index (χ2n) is 6.70. The van der Waals surface area contributed by atoms with Gasteiger partial charge in [-0.1, -0.05) is 0 Å². The van der Waals surface area contributed by atoms with Crippen LogP contribution in [0, 0.1) is 6.92 Å². The molecule has 3 aromatic heterocycles. The van der Waals surface area contributed by atoms with Gasteiger partial charge in [0, 0.05) is 17.4 Å². The molecule has 0 amide bonds. The van der Waals surface area contributed by atoms with Gasteiger partial charge in [0.15, 0.2) is 0 Å². The Morgan fingerprint density at radius 2 is 2.04 bits per heavy atom. The summed E-state index contributed by atoms with van der Waals surface area (Å²) in [4.78, 5) is 24.0. The van der Waals surface area contributed by atoms with Gasteiger partial charge in [0.2, 0.25) is 0 Å². The summed E-state index contributed by atoms with van der Waals surface area (Å²) >= 11 is 0. The zero-order valence-corrected chi connectivity index (χ0v) is 14.5. The Morgan fingerprint density at radius 3 is 2.62 bits per heavy atom. The van der Waals surface area contributed by atoms with E-state index in [1.807, 2.05) is 11.3 Å². The number of hydrogen-bond donors (Lipinski definition) is 2. The molecule has 0 bridgehead atoms. The van der Waals surface area contributed by atoms with Crippen molar-refractivity contribution in [3.8, 4) is 11.4 Å². The summed E-state index contributed by atoms with van der Waals surface area (Å²) in [6.07, 6.45) is 3.38. The minimum Gasteiger partial charge on any atom is -0.465 e. The number of rotatable bonds is 3. The third-order valence-electron chi connectivity index (χ3n) is 3.59. The maximum Gasteiger partial charge on any atom is 0.339 e. The van der Waals surface area contributed by atoms with Crippen LogP contribution in [0.4, 0.5) is 5.82 Å². The van der Waals surface area contributed by atoms with E-state index < -0.39 is 0 Å². The summed E-state index contributed by atoms with van der Waals surface area (Å²) in [7, 11) is 1.37. The Hall–Kier alpha value is -2.83. The fraction of sp³-hybridized carbons (Fsp3) is 0.353. The molecular weight excluding hydrogens is 306 g/mol. The number of imidazole rings is 2. The molecule has 0 aliphatic carbocycles. The summed E-state index contributed by atoms with van der Waals surface area (Å²) in [6, 6.07) is 3.50. The van der Waals surface area contributed by atoms with E-state index >= 15 is 0 Å². The van der Waals surface area contributed by atoms with Gasteiger partial charge in [0.25, 0.3) is 0 Å². The standard InChI is InChI=1S/C17H21N5O2/c1-10-13(19-9-18-10)14-15(21-17(2,3)4)22-8-11(16(23)24-5)6-7-12(22)20-14/h6-9,21H,1-5H3,(H,18,19). The number of hydrogen-bond acceptors (Lipinski definition) is 5. The van der Waals surface area contributed by atoms with Crippen LogP contribution >= 0.6 is 0 Å². The Morgan fingerprint density at radius 1 is 1.29 bits per heavy atom. The maximum absolute atomic E-state index is 11.8. The number of pyridine rings is 1. The van der Waals surface area contributed by atoms with Crippen LogP contribution in [-0.2, 0) is 4.74 Å². The molecule has 7 heteroatoms. The van der Waals surface area contributed by atoms with Gasteiger partial charge in [-0.2, -0.15) is 0 Å². The number of aromatic nitrogens is 4. The summed E-state index contributed by atoms with van der Waals surface area (Å²) < 4.78 is 6.68. The molecular formula is C17H21N5O2. The predicted molar refractivity (Wildman–Crippen MR) is 92.2 cm³/mol. The molecule has 24 heavy (non-hydrogen) atoms. The second kappa shape index (κ2) is 5.67. The number of aryl methyl sites for hydroxylation is 1. The second-order valence-corrected chi connectivity index (χ2v) is 6.70. The van der Waals surface area contributed by atoms with Gasteiger partial charge in [0.05, 0.1) is 19.0 Å². The number of nitrogens with one attached hydrogen (secondary N) is 2. The molecule has 3 heterocycles. The number of anilines is 1. The summed E-state index contributed by atoms with van der Waals surface area (Å²) in [5, 5.41) is 3.47. The van der Waals surface area contributed by atoms with Crippen molar-refractivity contribution in [1.82, 2.24) is 19.4 Å². The number of H-pyrrole nitrogens is 1. The van der Waals surface area contributed by atoms with Gasteiger partial charge >= 0.3 is 5.97 Å². The van der Waals surface area contributed by atoms with Crippen molar-refractivity contribution in [3.05, 3.63) is 35.9 Å². The van der Waals surface area contributed by atoms with Gasteiger partial charge in [-0.3, -0.25) is 4.40 Å². The highest BCUT2D eigenvalue weighted by Gasteiger charge is 2.22. The molecule has 2 N–H and O–H groups in total. The monoisotopic (exact) mass is 327 g/mol. The van der Waals surface area contributed by atoms with E-state index in [0.717, 1.165) is 28.5 Å². The van der Waals surface area contributed by atoms with Crippen LogP contribution < -0.4 is 5.32 Å². The van der Waals surface area contributed by atoms with E-state index in [1.165, 1.54) is 7.11 Å². The van der Waals surface area contributed by atoms with Crippen LogP contribution in [0.2, 0.25) is 0 Å². The van der Waals surface area contributed by atoms with Crippen molar-refractivity contribution in [1.29, 1.82) is 0 Å². The van der Waals surface area contributed by atoms with Gasteiger partial charge < -0.3 is 15.0 Å². The molecule has 3 rings (SSSR count). The van der Waals surface area contributed by atoms with Crippen molar-refractivity contribution in [2.75, 3.05) is 12.4 Å². The highest BCUT2D eigenvalue weighted by molar-refractivity contribution is 5.90. The molecule has 0 atom stereocenters. The van der Waals surface area contributed by atoms with Crippen molar-refractivity contribution in [3.63, 3.8) is 0 Å². The molecule has 126 valence electrons. The first kappa shape index (κ1) is 16.0. The minimum absolute atomic E-state index is 0.184. The number of esters is 1. The number of methoxy groups -OCH3 is 1. The fourth-order valence-corrected chi connectivity index (χ4v) is 2.52. The van der Waals surface area contributed by atoms with Crippen molar-refractivity contribution >= 4 is 17.4 Å². The molecule has 0 spiro atoms. The van der Waals surface area contributed by atoms with E-state index in [9.17, 15) is 4.79 Å². The average molecular weight is 327 g/mol. The van der Waals surface area contributed by atoms with Gasteiger partial charge in [-0.15, -0.1) is 0 Å². The lowest BCUT2D eigenvalue weighted by molar-refractivity contribution is 0.0600. The quantitative estimate of drug-likeness (QED) is 0.722. The van der Waals surface area contributed by atoms with E-state index in [4.69, 9.17) is 9.72 Å².